The number of hydrogen-bond donors (Lipinski definition) is 2. The Kier molecular flexibility index (Phi) is 10.2. The molecule has 5 heteroatoms. The molecule has 0 aliphatic carbocycles. The van der Waals surface area contributed by atoms with Crippen LogP contribution in [0.25, 0.3) is 11.3 Å². The molecule has 1 heterocycles. The summed E-state index contributed by atoms with van der Waals surface area (Å²) < 4.78 is 13.8. The molecule has 0 amide bonds. The molecule has 0 radical (unpaired) electrons. The van der Waals surface area contributed by atoms with E-state index in [1.54, 1.807) is 6.07 Å². The number of aryl methyl sites for hydroxylation is 1. The molecule has 0 saturated carbocycles. The second-order valence-electron chi connectivity index (χ2n) is 7.58. The molecule has 2 aromatic rings. The molecule has 0 fully saturated rings. The van der Waals surface area contributed by atoms with Gasteiger partial charge in [0, 0.05) is 11.0 Å². The maximum Gasteiger partial charge on any atom is 0.493 e. The molecule has 3 nitrogen and oxygen atoms in total. The fourth-order valence-electron chi connectivity index (χ4n) is 3.46. The quantitative estimate of drug-likeness (QED) is 0.289. The summed E-state index contributed by atoms with van der Waals surface area (Å²) in [5.74, 6) is -0.845. The average molecular weight is 385 g/mol. The number of halogens is 1. The van der Waals surface area contributed by atoms with Crippen LogP contribution < -0.4 is 5.46 Å². The number of nitrogens with zero attached hydrogens (tertiary/aromatic N) is 1. The first-order chi connectivity index (χ1) is 13.6. The predicted molar refractivity (Wildman–Crippen MR) is 115 cm³/mol. The van der Waals surface area contributed by atoms with Gasteiger partial charge in [0.1, 0.15) is 0 Å². The van der Waals surface area contributed by atoms with Crippen molar-refractivity contribution in [1.29, 1.82) is 0 Å². The van der Waals surface area contributed by atoms with Gasteiger partial charge in [-0.2, -0.15) is 4.39 Å². The Labute approximate surface area is 169 Å². The molecular weight excluding hydrogens is 352 g/mol. The van der Waals surface area contributed by atoms with E-state index < -0.39 is 13.1 Å². The Morgan fingerprint density at radius 1 is 0.786 bits per heavy atom. The first-order valence-corrected chi connectivity index (χ1v) is 10.7. The largest absolute Gasteiger partial charge is 0.493 e. The Balaban J connectivity index is 1.68. The molecule has 0 saturated heterocycles. The summed E-state index contributed by atoms with van der Waals surface area (Å²) in [6, 6.07) is 11.0. The topological polar surface area (TPSA) is 53.4 Å². The maximum absolute atomic E-state index is 13.8. The van der Waals surface area contributed by atoms with Crippen LogP contribution >= 0.6 is 0 Å². The van der Waals surface area contributed by atoms with Gasteiger partial charge in [-0.1, -0.05) is 95.0 Å². The van der Waals surface area contributed by atoms with Crippen molar-refractivity contribution in [3.63, 3.8) is 0 Å². The van der Waals surface area contributed by atoms with Gasteiger partial charge in [-0.05, 0) is 24.5 Å². The van der Waals surface area contributed by atoms with Crippen LogP contribution in [0.4, 0.5) is 4.39 Å². The van der Waals surface area contributed by atoms with Gasteiger partial charge in [0.25, 0.3) is 0 Å². The Bertz CT molecular complexity index is 692. The van der Waals surface area contributed by atoms with Crippen LogP contribution in [0.3, 0.4) is 0 Å². The first kappa shape index (κ1) is 22.6. The van der Waals surface area contributed by atoms with E-state index in [1.165, 1.54) is 75.8 Å². The van der Waals surface area contributed by atoms with E-state index >= 15 is 0 Å². The third-order valence-electron chi connectivity index (χ3n) is 5.22. The summed E-state index contributed by atoms with van der Waals surface area (Å²) in [6.07, 6.45) is 14.4. The summed E-state index contributed by atoms with van der Waals surface area (Å²) >= 11 is 0. The van der Waals surface area contributed by atoms with E-state index in [0.29, 0.717) is 5.69 Å². The lowest BCUT2D eigenvalue weighted by Crippen LogP contribution is -2.33. The number of pyridine rings is 1. The molecule has 2 N–H and O–H groups in total. The van der Waals surface area contributed by atoms with Crippen molar-refractivity contribution in [3.05, 3.63) is 47.9 Å². The molecular formula is C23H33BFNO2. The average Bonchev–Trinajstić information content (AvgIpc) is 2.69. The van der Waals surface area contributed by atoms with Crippen molar-refractivity contribution in [2.75, 3.05) is 0 Å². The zero-order valence-electron chi connectivity index (χ0n) is 17.0. The molecule has 0 aliphatic heterocycles. The molecule has 1 aromatic carbocycles. The van der Waals surface area contributed by atoms with Crippen molar-refractivity contribution in [1.82, 2.24) is 4.98 Å². The van der Waals surface area contributed by atoms with Gasteiger partial charge in [0.15, 0.2) is 0 Å². The summed E-state index contributed by atoms with van der Waals surface area (Å²) in [5, 5.41) is 18.1. The third-order valence-corrected chi connectivity index (χ3v) is 5.22. The van der Waals surface area contributed by atoms with Gasteiger partial charge in [-0.3, -0.25) is 0 Å². The summed E-state index contributed by atoms with van der Waals surface area (Å²) in [7, 11) is -1.84. The van der Waals surface area contributed by atoms with Crippen LogP contribution in [-0.2, 0) is 6.42 Å². The number of rotatable bonds is 13. The molecule has 2 rings (SSSR count). The van der Waals surface area contributed by atoms with Gasteiger partial charge in [-0.25, -0.2) is 4.98 Å². The summed E-state index contributed by atoms with van der Waals surface area (Å²) in [5.41, 5.74) is 2.39. The van der Waals surface area contributed by atoms with Crippen LogP contribution in [0.2, 0.25) is 0 Å². The minimum atomic E-state index is -1.84. The zero-order valence-corrected chi connectivity index (χ0v) is 17.0. The standard InChI is InChI=1S/C23H33BFNO2/c1-2-3-4-5-6-7-8-9-10-11-12-19-13-15-20(16-14-19)22-18-17-21(24(27)28)23(25)26-22/h13-18,27-28H,2-12H2,1H3. The van der Waals surface area contributed by atoms with Gasteiger partial charge < -0.3 is 10.0 Å². The van der Waals surface area contributed by atoms with Crippen molar-refractivity contribution >= 4 is 12.6 Å². The van der Waals surface area contributed by atoms with Gasteiger partial charge in [0.2, 0.25) is 5.95 Å². The van der Waals surface area contributed by atoms with E-state index in [-0.39, 0.29) is 5.46 Å². The van der Waals surface area contributed by atoms with E-state index in [1.807, 2.05) is 12.1 Å². The molecule has 0 aliphatic rings. The second kappa shape index (κ2) is 12.7. The van der Waals surface area contributed by atoms with Crippen molar-refractivity contribution in [3.8, 4) is 11.3 Å². The Hall–Kier alpha value is -1.72. The van der Waals surface area contributed by atoms with Crippen LogP contribution in [0, 0.1) is 5.95 Å². The lowest BCUT2D eigenvalue weighted by Gasteiger charge is -2.07. The molecule has 1 aromatic heterocycles. The van der Waals surface area contributed by atoms with Gasteiger partial charge in [-0.15, -0.1) is 0 Å². The predicted octanol–water partition coefficient (Wildman–Crippen LogP) is 5.03. The minimum Gasteiger partial charge on any atom is -0.423 e. The minimum absolute atomic E-state index is 0.207. The highest BCUT2D eigenvalue weighted by Crippen LogP contribution is 2.19. The highest BCUT2D eigenvalue weighted by Gasteiger charge is 2.18. The number of hydrogen-bond acceptors (Lipinski definition) is 3. The van der Waals surface area contributed by atoms with E-state index in [0.717, 1.165) is 12.0 Å². The first-order valence-electron chi connectivity index (χ1n) is 10.7. The van der Waals surface area contributed by atoms with Crippen molar-refractivity contribution in [2.24, 2.45) is 0 Å². The molecule has 0 bridgehead atoms. The highest BCUT2D eigenvalue weighted by molar-refractivity contribution is 6.58. The van der Waals surface area contributed by atoms with E-state index in [4.69, 9.17) is 10.0 Å². The van der Waals surface area contributed by atoms with Crippen LogP contribution in [-0.4, -0.2) is 22.2 Å². The Morgan fingerprint density at radius 3 is 1.89 bits per heavy atom. The fraction of sp³-hybridized carbons (Fsp3) is 0.522. The smallest absolute Gasteiger partial charge is 0.423 e. The monoisotopic (exact) mass is 385 g/mol. The highest BCUT2D eigenvalue weighted by atomic mass is 19.1. The number of benzene rings is 1. The van der Waals surface area contributed by atoms with Crippen LogP contribution in [0.1, 0.15) is 76.7 Å². The fourth-order valence-corrected chi connectivity index (χ4v) is 3.46. The zero-order chi connectivity index (χ0) is 20.2. The number of aromatic nitrogens is 1. The van der Waals surface area contributed by atoms with Gasteiger partial charge in [0.05, 0.1) is 5.69 Å². The van der Waals surface area contributed by atoms with Crippen molar-refractivity contribution < 1.29 is 14.4 Å². The van der Waals surface area contributed by atoms with Crippen LogP contribution in [0.15, 0.2) is 36.4 Å². The molecule has 0 unspecified atom stereocenters. The third kappa shape index (κ3) is 7.73. The van der Waals surface area contributed by atoms with Gasteiger partial charge >= 0.3 is 7.12 Å². The summed E-state index contributed by atoms with van der Waals surface area (Å²) in [4.78, 5) is 3.83. The van der Waals surface area contributed by atoms with Crippen LogP contribution in [0.5, 0.6) is 0 Å². The van der Waals surface area contributed by atoms with Crippen molar-refractivity contribution in [2.45, 2.75) is 77.6 Å². The molecule has 28 heavy (non-hydrogen) atoms. The lowest BCUT2D eigenvalue weighted by atomic mass is 9.81. The lowest BCUT2D eigenvalue weighted by molar-refractivity contribution is 0.422. The normalized spacial score (nSPS) is 11.0. The molecule has 152 valence electrons. The maximum atomic E-state index is 13.8. The summed E-state index contributed by atoms with van der Waals surface area (Å²) in [6.45, 7) is 2.26. The Morgan fingerprint density at radius 2 is 1.36 bits per heavy atom. The molecule has 0 spiro atoms. The SMILES string of the molecule is CCCCCCCCCCCCc1ccc(-c2ccc(B(O)O)c(F)n2)cc1. The molecule has 0 atom stereocenters. The second-order valence-corrected chi connectivity index (χ2v) is 7.58. The number of unbranched alkanes of at least 4 members (excludes halogenated alkanes) is 9. The van der Waals surface area contributed by atoms with E-state index in [2.05, 4.69) is 24.0 Å². The van der Waals surface area contributed by atoms with E-state index in [9.17, 15) is 4.39 Å².